The minimum atomic E-state index is -0.561. The summed E-state index contributed by atoms with van der Waals surface area (Å²) in [6.07, 6.45) is 3.61. The van der Waals surface area contributed by atoms with E-state index in [-0.39, 0.29) is 5.91 Å². The molecule has 0 spiro atoms. The lowest BCUT2D eigenvalue weighted by Gasteiger charge is -2.13. The maximum absolute atomic E-state index is 11.5. The van der Waals surface area contributed by atoms with Crippen LogP contribution in [0.3, 0.4) is 0 Å². The first-order valence-electron chi connectivity index (χ1n) is 5.74. The van der Waals surface area contributed by atoms with Gasteiger partial charge in [-0.2, -0.15) is 0 Å². The zero-order valence-electron chi connectivity index (χ0n) is 9.91. The highest BCUT2D eigenvalue weighted by molar-refractivity contribution is 5.84. The second-order valence-corrected chi connectivity index (χ2v) is 4.14. The van der Waals surface area contributed by atoms with Crippen LogP contribution in [0.25, 0.3) is 0 Å². The molecule has 0 aromatic heterocycles. The number of carbonyl (C=O) groups excluding carboxylic acids is 2. The fourth-order valence-corrected chi connectivity index (χ4v) is 1.86. The van der Waals surface area contributed by atoms with Crippen molar-refractivity contribution in [3.63, 3.8) is 0 Å². The van der Waals surface area contributed by atoms with Gasteiger partial charge in [-0.05, 0) is 32.7 Å². The summed E-state index contributed by atoms with van der Waals surface area (Å²) < 4.78 is 4.52. The lowest BCUT2D eigenvalue weighted by atomic mass is 10.1. The van der Waals surface area contributed by atoms with Crippen LogP contribution in [-0.4, -0.2) is 37.6 Å². The average molecular weight is 228 g/mol. The van der Waals surface area contributed by atoms with Crippen molar-refractivity contribution in [2.75, 3.05) is 13.7 Å². The molecule has 0 aromatic carbocycles. The molecular formula is C11H20N2O3. The second-order valence-electron chi connectivity index (χ2n) is 4.14. The molecule has 0 aliphatic carbocycles. The van der Waals surface area contributed by atoms with Crippen LogP contribution in [0.15, 0.2) is 0 Å². The van der Waals surface area contributed by atoms with Crippen LogP contribution in [0, 0.1) is 0 Å². The number of hydrogen-bond acceptors (Lipinski definition) is 4. The summed E-state index contributed by atoms with van der Waals surface area (Å²) in [6.45, 7) is 2.67. The highest BCUT2D eigenvalue weighted by Gasteiger charge is 2.18. The molecule has 1 aliphatic rings. The van der Waals surface area contributed by atoms with Crippen molar-refractivity contribution in [1.82, 2.24) is 10.6 Å². The van der Waals surface area contributed by atoms with Crippen LogP contribution < -0.4 is 10.6 Å². The van der Waals surface area contributed by atoms with E-state index in [1.54, 1.807) is 6.92 Å². The second kappa shape index (κ2) is 6.48. The summed E-state index contributed by atoms with van der Waals surface area (Å²) >= 11 is 0. The van der Waals surface area contributed by atoms with E-state index in [1.807, 2.05) is 0 Å². The van der Waals surface area contributed by atoms with Crippen LogP contribution in [0.1, 0.15) is 32.6 Å². The van der Waals surface area contributed by atoms with E-state index in [2.05, 4.69) is 15.4 Å². The molecule has 5 heteroatoms. The van der Waals surface area contributed by atoms with Gasteiger partial charge in [0.1, 0.15) is 6.04 Å². The van der Waals surface area contributed by atoms with Crippen molar-refractivity contribution in [2.45, 2.75) is 44.7 Å². The Morgan fingerprint density at radius 3 is 2.88 bits per heavy atom. The number of hydrogen-bond donors (Lipinski definition) is 2. The monoisotopic (exact) mass is 228 g/mol. The number of methoxy groups -OCH3 is 1. The van der Waals surface area contributed by atoms with Crippen LogP contribution in [-0.2, 0) is 14.3 Å². The predicted molar refractivity (Wildman–Crippen MR) is 59.9 cm³/mol. The van der Waals surface area contributed by atoms with E-state index in [1.165, 1.54) is 13.5 Å². The maximum Gasteiger partial charge on any atom is 0.328 e. The van der Waals surface area contributed by atoms with E-state index in [9.17, 15) is 9.59 Å². The molecule has 1 aliphatic heterocycles. The lowest BCUT2D eigenvalue weighted by molar-refractivity contribution is -0.144. The third-order valence-corrected chi connectivity index (χ3v) is 2.81. The molecule has 0 bridgehead atoms. The Morgan fingerprint density at radius 2 is 2.31 bits per heavy atom. The molecule has 2 atom stereocenters. The van der Waals surface area contributed by atoms with Gasteiger partial charge < -0.3 is 15.4 Å². The van der Waals surface area contributed by atoms with Crippen LogP contribution in [0.5, 0.6) is 0 Å². The van der Waals surface area contributed by atoms with Crippen molar-refractivity contribution >= 4 is 11.9 Å². The number of amides is 1. The molecule has 1 amide bonds. The SMILES string of the molecule is COC(=O)C(C)NC(=O)CCC1CCCN1. The molecule has 1 rings (SSSR count). The summed E-state index contributed by atoms with van der Waals surface area (Å²) in [5.74, 6) is -0.501. The first-order valence-corrected chi connectivity index (χ1v) is 5.74. The lowest BCUT2D eigenvalue weighted by Crippen LogP contribution is -2.39. The van der Waals surface area contributed by atoms with Gasteiger partial charge >= 0.3 is 5.97 Å². The van der Waals surface area contributed by atoms with Crippen LogP contribution >= 0.6 is 0 Å². The molecule has 1 fully saturated rings. The van der Waals surface area contributed by atoms with E-state index in [0.717, 1.165) is 19.4 Å². The van der Waals surface area contributed by atoms with Crippen LogP contribution in [0.4, 0.5) is 0 Å². The van der Waals surface area contributed by atoms with Gasteiger partial charge in [0.2, 0.25) is 5.91 Å². The Labute approximate surface area is 95.9 Å². The normalized spacial score (nSPS) is 21.5. The van der Waals surface area contributed by atoms with Crippen LogP contribution in [0.2, 0.25) is 0 Å². The maximum atomic E-state index is 11.5. The Bertz CT molecular complexity index is 250. The van der Waals surface area contributed by atoms with Gasteiger partial charge in [-0.15, -0.1) is 0 Å². The Morgan fingerprint density at radius 1 is 1.56 bits per heavy atom. The topological polar surface area (TPSA) is 67.4 Å². The van der Waals surface area contributed by atoms with Crippen molar-refractivity contribution < 1.29 is 14.3 Å². The average Bonchev–Trinajstić information content (AvgIpc) is 2.78. The zero-order chi connectivity index (χ0) is 12.0. The number of carbonyl (C=O) groups is 2. The predicted octanol–water partition coefficient (Wildman–Crippen LogP) is 0.196. The van der Waals surface area contributed by atoms with Gasteiger partial charge in [0, 0.05) is 12.5 Å². The Hall–Kier alpha value is -1.10. The molecule has 1 heterocycles. The molecule has 16 heavy (non-hydrogen) atoms. The molecule has 0 radical (unpaired) electrons. The molecule has 0 saturated carbocycles. The van der Waals surface area contributed by atoms with Crippen molar-refractivity contribution in [3.05, 3.63) is 0 Å². The minimum Gasteiger partial charge on any atom is -0.467 e. The number of nitrogens with one attached hydrogen (secondary N) is 2. The Balaban J connectivity index is 2.17. The van der Waals surface area contributed by atoms with E-state index >= 15 is 0 Å². The van der Waals surface area contributed by atoms with E-state index in [0.29, 0.717) is 12.5 Å². The fourth-order valence-electron chi connectivity index (χ4n) is 1.86. The molecule has 5 nitrogen and oxygen atoms in total. The molecule has 2 N–H and O–H groups in total. The van der Waals surface area contributed by atoms with Crippen molar-refractivity contribution in [2.24, 2.45) is 0 Å². The number of esters is 1. The third kappa shape index (κ3) is 4.18. The number of rotatable bonds is 5. The molecule has 2 unspecified atom stereocenters. The molecular weight excluding hydrogens is 208 g/mol. The molecule has 92 valence electrons. The smallest absolute Gasteiger partial charge is 0.328 e. The summed E-state index contributed by atoms with van der Waals surface area (Å²) in [6, 6.07) is -0.103. The van der Waals surface area contributed by atoms with Gasteiger partial charge in [-0.3, -0.25) is 4.79 Å². The fraction of sp³-hybridized carbons (Fsp3) is 0.818. The molecule has 1 saturated heterocycles. The van der Waals surface area contributed by atoms with Gasteiger partial charge in [-0.1, -0.05) is 0 Å². The van der Waals surface area contributed by atoms with E-state index < -0.39 is 12.0 Å². The largest absolute Gasteiger partial charge is 0.467 e. The first-order chi connectivity index (χ1) is 7.63. The minimum absolute atomic E-state index is 0.0911. The zero-order valence-corrected chi connectivity index (χ0v) is 9.91. The molecule has 0 aromatic rings. The standard InChI is InChI=1S/C11H20N2O3/c1-8(11(15)16-2)13-10(14)6-5-9-4-3-7-12-9/h8-9,12H,3-7H2,1-2H3,(H,13,14). The van der Waals surface area contributed by atoms with Gasteiger partial charge in [0.05, 0.1) is 7.11 Å². The summed E-state index contributed by atoms with van der Waals surface area (Å²) in [4.78, 5) is 22.5. The number of ether oxygens (including phenoxy) is 1. The quantitative estimate of drug-likeness (QED) is 0.659. The van der Waals surface area contributed by atoms with Gasteiger partial charge in [-0.25, -0.2) is 4.79 Å². The van der Waals surface area contributed by atoms with Crippen molar-refractivity contribution in [1.29, 1.82) is 0 Å². The third-order valence-electron chi connectivity index (χ3n) is 2.81. The summed E-state index contributed by atoms with van der Waals surface area (Å²) in [5.41, 5.74) is 0. The van der Waals surface area contributed by atoms with Crippen molar-refractivity contribution in [3.8, 4) is 0 Å². The highest BCUT2D eigenvalue weighted by Crippen LogP contribution is 2.10. The summed E-state index contributed by atoms with van der Waals surface area (Å²) in [5, 5.41) is 5.94. The first kappa shape index (κ1) is 13.0. The van der Waals surface area contributed by atoms with E-state index in [4.69, 9.17) is 0 Å². The Kier molecular flexibility index (Phi) is 5.25. The van der Waals surface area contributed by atoms with Gasteiger partial charge in [0.25, 0.3) is 0 Å². The highest BCUT2D eigenvalue weighted by atomic mass is 16.5. The van der Waals surface area contributed by atoms with Gasteiger partial charge in [0.15, 0.2) is 0 Å². The summed E-state index contributed by atoms with van der Waals surface area (Å²) in [7, 11) is 1.31.